The average molecular weight is 386 g/mol. The molecule has 2 aromatic rings. The smallest absolute Gasteiger partial charge is 0.191 e. The quantitative estimate of drug-likeness (QED) is 0.646. The zero-order valence-electron chi connectivity index (χ0n) is 15.6. The Labute approximate surface area is 164 Å². The van der Waals surface area contributed by atoms with Gasteiger partial charge in [0.15, 0.2) is 11.1 Å². The highest BCUT2D eigenvalue weighted by atomic mass is 32.1. The van der Waals surface area contributed by atoms with E-state index in [0.29, 0.717) is 5.96 Å². The number of aliphatic imine (C=N–C) groups is 1. The highest BCUT2D eigenvalue weighted by Crippen LogP contribution is 2.35. The van der Waals surface area contributed by atoms with Crippen molar-refractivity contribution in [2.75, 3.05) is 50.8 Å². The summed E-state index contributed by atoms with van der Waals surface area (Å²) < 4.78 is 5.62. The van der Waals surface area contributed by atoms with Crippen LogP contribution >= 0.6 is 11.3 Å². The van der Waals surface area contributed by atoms with Crippen molar-refractivity contribution >= 4 is 22.4 Å². The fraction of sp³-hybridized carbons (Fsp3) is 0.500. The second-order valence-electron chi connectivity index (χ2n) is 7.22. The lowest BCUT2D eigenvalue weighted by Crippen LogP contribution is -2.51. The minimum Gasteiger partial charge on any atom is -0.381 e. The molecular formula is C20H27N5OS. The summed E-state index contributed by atoms with van der Waals surface area (Å²) in [5.74, 6) is 0.663. The SMILES string of the molecule is NC(=NCC1(c2ccccc2)CCOCC1)N1CCN(c2nccs2)CC1. The number of guanidine groups is 1. The van der Waals surface area contributed by atoms with Gasteiger partial charge in [-0.1, -0.05) is 30.3 Å². The molecule has 0 bridgehead atoms. The summed E-state index contributed by atoms with van der Waals surface area (Å²) in [5, 5.41) is 3.12. The number of nitrogens with two attached hydrogens (primary N) is 1. The maximum Gasteiger partial charge on any atom is 0.191 e. The highest BCUT2D eigenvalue weighted by molar-refractivity contribution is 7.13. The van der Waals surface area contributed by atoms with E-state index in [1.165, 1.54) is 5.56 Å². The molecule has 0 spiro atoms. The standard InChI is InChI=1S/C20H27N5OS/c21-18(24-9-11-25(12-10-24)19-22-8-15-27-19)23-16-20(6-13-26-14-7-20)17-4-2-1-3-5-17/h1-5,8,15H,6-7,9-14,16H2,(H2,21,23). The Hall–Kier alpha value is -2.12. The van der Waals surface area contributed by atoms with Crippen LogP contribution in [-0.2, 0) is 10.2 Å². The van der Waals surface area contributed by atoms with Gasteiger partial charge < -0.3 is 20.3 Å². The van der Waals surface area contributed by atoms with Crippen LogP contribution in [0.5, 0.6) is 0 Å². The molecule has 6 nitrogen and oxygen atoms in total. The molecule has 2 fully saturated rings. The molecule has 27 heavy (non-hydrogen) atoms. The summed E-state index contributed by atoms with van der Waals surface area (Å²) in [6, 6.07) is 10.7. The summed E-state index contributed by atoms with van der Waals surface area (Å²) in [5.41, 5.74) is 7.76. The number of nitrogens with zero attached hydrogens (tertiary/aromatic N) is 4. The van der Waals surface area contributed by atoms with Crippen LogP contribution in [0.2, 0.25) is 0 Å². The number of ether oxygens (including phenoxy) is 1. The van der Waals surface area contributed by atoms with Gasteiger partial charge >= 0.3 is 0 Å². The lowest BCUT2D eigenvalue weighted by atomic mass is 9.74. The molecule has 7 heteroatoms. The molecule has 0 amide bonds. The molecular weight excluding hydrogens is 358 g/mol. The molecule has 0 unspecified atom stereocenters. The Morgan fingerprint density at radius 2 is 1.89 bits per heavy atom. The van der Waals surface area contributed by atoms with Crippen LogP contribution in [0.1, 0.15) is 18.4 Å². The Bertz CT molecular complexity index is 735. The molecule has 2 aliphatic rings. The van der Waals surface area contributed by atoms with Crippen molar-refractivity contribution in [1.29, 1.82) is 0 Å². The van der Waals surface area contributed by atoms with Gasteiger partial charge in [0.2, 0.25) is 0 Å². The van der Waals surface area contributed by atoms with Crippen molar-refractivity contribution in [2.24, 2.45) is 10.7 Å². The minimum atomic E-state index is 0.0346. The van der Waals surface area contributed by atoms with Gasteiger partial charge in [-0.2, -0.15) is 0 Å². The fourth-order valence-corrected chi connectivity index (χ4v) is 4.62. The van der Waals surface area contributed by atoms with E-state index in [1.807, 2.05) is 11.6 Å². The normalized spacial score (nSPS) is 20.7. The second kappa shape index (κ2) is 8.27. The Morgan fingerprint density at radius 3 is 2.56 bits per heavy atom. The van der Waals surface area contributed by atoms with Crippen LogP contribution in [0.3, 0.4) is 0 Å². The third kappa shape index (κ3) is 4.09. The van der Waals surface area contributed by atoms with Crippen molar-refractivity contribution in [3.63, 3.8) is 0 Å². The lowest BCUT2D eigenvalue weighted by Gasteiger charge is -2.38. The molecule has 3 heterocycles. The minimum absolute atomic E-state index is 0.0346. The molecule has 4 rings (SSSR count). The third-order valence-electron chi connectivity index (χ3n) is 5.67. The monoisotopic (exact) mass is 385 g/mol. The van der Waals surface area contributed by atoms with Crippen LogP contribution in [0.4, 0.5) is 5.13 Å². The van der Waals surface area contributed by atoms with Crippen molar-refractivity contribution in [1.82, 2.24) is 9.88 Å². The van der Waals surface area contributed by atoms with Crippen molar-refractivity contribution in [2.45, 2.75) is 18.3 Å². The first kappa shape index (κ1) is 18.3. The third-order valence-corrected chi connectivity index (χ3v) is 6.51. The zero-order chi connectivity index (χ0) is 18.5. The first-order valence-corrected chi connectivity index (χ1v) is 10.5. The number of piperazine rings is 1. The fourth-order valence-electron chi connectivity index (χ4n) is 3.92. The van der Waals surface area contributed by atoms with E-state index < -0.39 is 0 Å². The number of anilines is 1. The Balaban J connectivity index is 1.41. The van der Waals surface area contributed by atoms with Crippen LogP contribution in [0.25, 0.3) is 0 Å². The number of benzene rings is 1. The molecule has 0 radical (unpaired) electrons. The number of aromatic nitrogens is 1. The van der Waals surface area contributed by atoms with E-state index >= 15 is 0 Å². The summed E-state index contributed by atoms with van der Waals surface area (Å²) in [7, 11) is 0. The van der Waals surface area contributed by atoms with E-state index in [2.05, 4.69) is 45.1 Å². The first-order valence-electron chi connectivity index (χ1n) is 9.59. The molecule has 2 N–H and O–H groups in total. The summed E-state index contributed by atoms with van der Waals surface area (Å²) >= 11 is 1.69. The summed E-state index contributed by atoms with van der Waals surface area (Å²) in [4.78, 5) is 13.8. The molecule has 0 saturated carbocycles. The first-order chi connectivity index (χ1) is 13.3. The molecule has 2 saturated heterocycles. The molecule has 0 aliphatic carbocycles. The maximum absolute atomic E-state index is 6.38. The predicted molar refractivity (Wildman–Crippen MR) is 111 cm³/mol. The zero-order valence-corrected chi connectivity index (χ0v) is 16.4. The van der Waals surface area contributed by atoms with E-state index in [1.54, 1.807) is 11.3 Å². The Morgan fingerprint density at radius 1 is 1.15 bits per heavy atom. The van der Waals surface area contributed by atoms with Crippen LogP contribution in [0, 0.1) is 0 Å². The summed E-state index contributed by atoms with van der Waals surface area (Å²) in [6.45, 7) is 5.93. The highest BCUT2D eigenvalue weighted by Gasteiger charge is 2.34. The lowest BCUT2D eigenvalue weighted by molar-refractivity contribution is 0.0530. The largest absolute Gasteiger partial charge is 0.381 e. The van der Waals surface area contributed by atoms with E-state index in [-0.39, 0.29) is 5.41 Å². The van der Waals surface area contributed by atoms with Gasteiger partial charge in [0.1, 0.15) is 0 Å². The molecule has 144 valence electrons. The van der Waals surface area contributed by atoms with Crippen molar-refractivity contribution < 1.29 is 4.74 Å². The molecule has 0 atom stereocenters. The molecule has 1 aromatic carbocycles. The van der Waals surface area contributed by atoms with E-state index in [0.717, 1.165) is 63.9 Å². The van der Waals surface area contributed by atoms with E-state index in [9.17, 15) is 0 Å². The number of thiazole rings is 1. The molecule has 2 aliphatic heterocycles. The van der Waals surface area contributed by atoms with E-state index in [4.69, 9.17) is 15.5 Å². The topological polar surface area (TPSA) is 67.0 Å². The van der Waals surface area contributed by atoms with Gasteiger partial charge in [0, 0.05) is 56.4 Å². The predicted octanol–water partition coefficient (Wildman–Crippen LogP) is 2.33. The van der Waals surface area contributed by atoms with Crippen LogP contribution < -0.4 is 10.6 Å². The number of hydrogen-bond donors (Lipinski definition) is 1. The second-order valence-corrected chi connectivity index (χ2v) is 8.09. The van der Waals surface area contributed by atoms with Gasteiger partial charge in [-0.3, -0.25) is 4.99 Å². The molecule has 1 aromatic heterocycles. The van der Waals surface area contributed by atoms with Gasteiger partial charge in [-0.25, -0.2) is 4.98 Å². The van der Waals surface area contributed by atoms with Crippen LogP contribution in [-0.4, -0.2) is 61.8 Å². The van der Waals surface area contributed by atoms with Crippen molar-refractivity contribution in [3.8, 4) is 0 Å². The maximum atomic E-state index is 6.38. The van der Waals surface area contributed by atoms with Gasteiger partial charge in [0.05, 0.1) is 6.54 Å². The van der Waals surface area contributed by atoms with Gasteiger partial charge in [0.25, 0.3) is 0 Å². The number of hydrogen-bond acceptors (Lipinski definition) is 5. The van der Waals surface area contributed by atoms with Crippen LogP contribution in [0.15, 0.2) is 46.9 Å². The van der Waals surface area contributed by atoms with Crippen molar-refractivity contribution in [3.05, 3.63) is 47.5 Å². The average Bonchev–Trinajstić information content (AvgIpc) is 3.28. The van der Waals surface area contributed by atoms with Gasteiger partial charge in [-0.05, 0) is 18.4 Å². The summed E-state index contributed by atoms with van der Waals surface area (Å²) in [6.07, 6.45) is 3.84. The Kier molecular flexibility index (Phi) is 5.59. The van der Waals surface area contributed by atoms with Gasteiger partial charge in [-0.15, -0.1) is 11.3 Å². The number of rotatable bonds is 4.